The van der Waals surface area contributed by atoms with Crippen LogP contribution in [0.4, 0.5) is 11.4 Å². The molecule has 5 heteroatoms. The van der Waals surface area contributed by atoms with Crippen LogP contribution in [0, 0.1) is 0 Å². The van der Waals surface area contributed by atoms with Gasteiger partial charge in [0.1, 0.15) is 0 Å². The van der Waals surface area contributed by atoms with Crippen LogP contribution in [-0.2, 0) is 0 Å². The lowest BCUT2D eigenvalue weighted by molar-refractivity contribution is 0.0698. The van der Waals surface area contributed by atoms with Crippen LogP contribution in [0.1, 0.15) is 23.7 Å². The van der Waals surface area contributed by atoms with Gasteiger partial charge < -0.3 is 21.1 Å². The van der Waals surface area contributed by atoms with Gasteiger partial charge in [0.2, 0.25) is 0 Å². The number of anilines is 2. The number of aromatic carboxylic acids is 1. The van der Waals surface area contributed by atoms with E-state index in [4.69, 9.17) is 10.8 Å². The number of nitrogens with one attached hydrogen (secondary N) is 1. The fourth-order valence-electron chi connectivity index (χ4n) is 1.64. The first-order valence-corrected chi connectivity index (χ1v) is 5.94. The van der Waals surface area contributed by atoms with E-state index < -0.39 is 5.97 Å². The first kappa shape index (κ1) is 14.3. The average molecular weight is 251 g/mol. The topological polar surface area (TPSA) is 78.6 Å². The molecule has 1 unspecified atom stereocenters. The second kappa shape index (κ2) is 6.26. The normalized spacial score (nSPS) is 12.4. The smallest absolute Gasteiger partial charge is 0.337 e. The average Bonchev–Trinajstić information content (AvgIpc) is 2.28. The van der Waals surface area contributed by atoms with E-state index >= 15 is 0 Å². The zero-order valence-corrected chi connectivity index (χ0v) is 11.1. The number of nitrogen functional groups attached to an aromatic ring is 1. The highest BCUT2D eigenvalue weighted by atomic mass is 16.4. The molecule has 0 bridgehead atoms. The quantitative estimate of drug-likeness (QED) is 0.671. The van der Waals surface area contributed by atoms with E-state index in [-0.39, 0.29) is 17.3 Å². The Morgan fingerprint density at radius 2 is 2.17 bits per heavy atom. The number of nitrogens with zero attached hydrogens (tertiary/aromatic N) is 1. The van der Waals surface area contributed by atoms with Gasteiger partial charge in [0.25, 0.3) is 0 Å². The highest BCUT2D eigenvalue weighted by Gasteiger charge is 2.10. The lowest BCUT2D eigenvalue weighted by atomic mass is 10.1. The van der Waals surface area contributed by atoms with Crippen LogP contribution in [0.5, 0.6) is 0 Å². The second-order valence-corrected chi connectivity index (χ2v) is 4.74. The Morgan fingerprint density at radius 3 is 2.72 bits per heavy atom. The van der Waals surface area contributed by atoms with Gasteiger partial charge in [0.15, 0.2) is 0 Å². The van der Waals surface area contributed by atoms with E-state index in [1.807, 2.05) is 14.1 Å². The SMILES string of the molecule is CC(CCN(C)C)Nc1ccc(N)c(C(=O)O)c1. The monoisotopic (exact) mass is 251 g/mol. The maximum atomic E-state index is 11.0. The Morgan fingerprint density at radius 1 is 1.50 bits per heavy atom. The molecule has 1 atom stereocenters. The highest BCUT2D eigenvalue weighted by molar-refractivity contribution is 5.94. The van der Waals surface area contributed by atoms with Crippen LogP contribution >= 0.6 is 0 Å². The van der Waals surface area contributed by atoms with Gasteiger partial charge in [0.05, 0.1) is 5.56 Å². The fraction of sp³-hybridized carbons (Fsp3) is 0.462. The molecule has 0 aromatic heterocycles. The zero-order valence-electron chi connectivity index (χ0n) is 11.1. The van der Waals surface area contributed by atoms with E-state index in [0.717, 1.165) is 18.7 Å². The van der Waals surface area contributed by atoms with Gasteiger partial charge in [-0.2, -0.15) is 0 Å². The van der Waals surface area contributed by atoms with Crippen molar-refractivity contribution >= 4 is 17.3 Å². The summed E-state index contributed by atoms with van der Waals surface area (Å²) in [4.78, 5) is 13.1. The molecule has 0 heterocycles. The molecule has 0 aliphatic rings. The molecule has 0 aliphatic heterocycles. The Kier molecular flexibility index (Phi) is 4.97. The molecule has 0 amide bonds. The molecule has 18 heavy (non-hydrogen) atoms. The number of nitrogens with two attached hydrogens (primary N) is 1. The van der Waals surface area contributed by atoms with Crippen LogP contribution < -0.4 is 11.1 Å². The Labute approximate surface area is 108 Å². The predicted octanol–water partition coefficient (Wildman–Crippen LogP) is 1.72. The number of carboxylic acids is 1. The summed E-state index contributed by atoms with van der Waals surface area (Å²) in [6.45, 7) is 3.05. The number of hydrogen-bond acceptors (Lipinski definition) is 4. The first-order valence-electron chi connectivity index (χ1n) is 5.94. The minimum absolute atomic E-state index is 0.139. The molecule has 0 spiro atoms. The van der Waals surface area contributed by atoms with Crippen LogP contribution in [0.15, 0.2) is 18.2 Å². The van der Waals surface area contributed by atoms with Crippen molar-refractivity contribution in [2.75, 3.05) is 31.7 Å². The fourth-order valence-corrected chi connectivity index (χ4v) is 1.64. The summed E-state index contributed by atoms with van der Waals surface area (Å²) in [5.74, 6) is -1.00. The van der Waals surface area contributed by atoms with E-state index in [1.54, 1.807) is 18.2 Å². The first-order chi connectivity index (χ1) is 8.40. The molecule has 0 fully saturated rings. The van der Waals surface area contributed by atoms with Crippen molar-refractivity contribution < 1.29 is 9.90 Å². The largest absolute Gasteiger partial charge is 0.478 e. The van der Waals surface area contributed by atoms with Gasteiger partial charge in [-0.1, -0.05) is 0 Å². The van der Waals surface area contributed by atoms with Gasteiger partial charge in [-0.05, 0) is 52.2 Å². The molecule has 0 saturated heterocycles. The molecular formula is C13H21N3O2. The van der Waals surface area contributed by atoms with Crippen LogP contribution in [0.2, 0.25) is 0 Å². The molecule has 1 rings (SSSR count). The summed E-state index contributed by atoms with van der Waals surface area (Å²) in [5, 5.41) is 12.3. The molecule has 0 saturated carbocycles. The maximum Gasteiger partial charge on any atom is 0.337 e. The van der Waals surface area contributed by atoms with E-state index in [0.29, 0.717) is 0 Å². The summed E-state index contributed by atoms with van der Waals surface area (Å²) in [6.07, 6.45) is 0.986. The molecule has 1 aromatic rings. The Balaban J connectivity index is 2.67. The predicted molar refractivity (Wildman–Crippen MR) is 74.1 cm³/mol. The molecule has 5 nitrogen and oxygen atoms in total. The molecule has 0 aliphatic carbocycles. The third kappa shape index (κ3) is 4.25. The van der Waals surface area contributed by atoms with Crippen molar-refractivity contribution in [2.24, 2.45) is 0 Å². The third-order valence-corrected chi connectivity index (χ3v) is 2.71. The van der Waals surface area contributed by atoms with Crippen molar-refractivity contribution in [1.29, 1.82) is 0 Å². The summed E-state index contributed by atoms with van der Waals surface area (Å²) < 4.78 is 0. The molecule has 4 N–H and O–H groups in total. The van der Waals surface area contributed by atoms with Crippen molar-refractivity contribution in [3.05, 3.63) is 23.8 Å². The van der Waals surface area contributed by atoms with Crippen molar-refractivity contribution in [3.63, 3.8) is 0 Å². The molecule has 1 aromatic carbocycles. The Bertz CT molecular complexity index is 419. The minimum Gasteiger partial charge on any atom is -0.478 e. The van der Waals surface area contributed by atoms with Crippen LogP contribution in [0.3, 0.4) is 0 Å². The number of hydrogen-bond donors (Lipinski definition) is 3. The lowest BCUT2D eigenvalue weighted by Gasteiger charge is -2.18. The van der Waals surface area contributed by atoms with Gasteiger partial charge in [-0.15, -0.1) is 0 Å². The third-order valence-electron chi connectivity index (χ3n) is 2.71. The van der Waals surface area contributed by atoms with Gasteiger partial charge in [-0.3, -0.25) is 0 Å². The van der Waals surface area contributed by atoms with Crippen LogP contribution in [-0.4, -0.2) is 42.7 Å². The van der Waals surface area contributed by atoms with Crippen LogP contribution in [0.25, 0.3) is 0 Å². The second-order valence-electron chi connectivity index (χ2n) is 4.74. The van der Waals surface area contributed by atoms with Crippen molar-refractivity contribution in [1.82, 2.24) is 4.90 Å². The number of benzene rings is 1. The van der Waals surface area contributed by atoms with Gasteiger partial charge >= 0.3 is 5.97 Å². The number of carbonyl (C=O) groups is 1. The summed E-state index contributed by atoms with van der Waals surface area (Å²) in [6, 6.07) is 5.26. The summed E-state index contributed by atoms with van der Waals surface area (Å²) in [7, 11) is 4.05. The van der Waals surface area contributed by atoms with Crippen molar-refractivity contribution in [2.45, 2.75) is 19.4 Å². The molecule has 0 radical (unpaired) electrons. The van der Waals surface area contributed by atoms with Gasteiger partial charge in [0, 0.05) is 17.4 Å². The zero-order chi connectivity index (χ0) is 13.7. The lowest BCUT2D eigenvalue weighted by Crippen LogP contribution is -2.23. The molecule has 100 valence electrons. The van der Waals surface area contributed by atoms with E-state index in [2.05, 4.69) is 17.1 Å². The standard InChI is InChI=1S/C13H21N3O2/c1-9(6-7-16(2)3)15-10-4-5-12(14)11(8-10)13(17)18/h4-5,8-9,15H,6-7,14H2,1-3H3,(H,17,18). The summed E-state index contributed by atoms with van der Waals surface area (Å²) >= 11 is 0. The Hall–Kier alpha value is -1.75. The summed E-state index contributed by atoms with van der Waals surface area (Å²) in [5.41, 5.74) is 6.81. The molecular weight excluding hydrogens is 230 g/mol. The highest BCUT2D eigenvalue weighted by Crippen LogP contribution is 2.19. The van der Waals surface area contributed by atoms with E-state index in [9.17, 15) is 4.79 Å². The minimum atomic E-state index is -1.00. The van der Waals surface area contributed by atoms with Crippen molar-refractivity contribution in [3.8, 4) is 0 Å². The van der Waals surface area contributed by atoms with Gasteiger partial charge in [-0.25, -0.2) is 4.79 Å². The number of carboxylic acid groups (broad SMARTS) is 1. The van der Waals surface area contributed by atoms with E-state index in [1.165, 1.54) is 0 Å². The number of rotatable bonds is 6. The maximum absolute atomic E-state index is 11.0.